The lowest BCUT2D eigenvalue weighted by Crippen LogP contribution is -2.49. The van der Waals surface area contributed by atoms with Gasteiger partial charge in [-0.1, -0.05) is 182 Å². The number of benzene rings is 10. The minimum absolute atomic E-state index is 0.0544. The van der Waals surface area contributed by atoms with Crippen molar-refractivity contribution in [1.29, 1.82) is 0 Å². The molecule has 0 fully saturated rings. The quantitative estimate of drug-likeness (QED) is 0.117. The van der Waals surface area contributed by atoms with Crippen LogP contribution in [0.15, 0.2) is 289 Å². The van der Waals surface area contributed by atoms with Crippen molar-refractivity contribution in [2.24, 2.45) is 14.1 Å². The van der Waals surface area contributed by atoms with Crippen molar-refractivity contribution < 1.29 is 8.83 Å². The highest BCUT2D eigenvalue weighted by Crippen LogP contribution is 2.55. The van der Waals surface area contributed by atoms with Crippen LogP contribution in [-0.4, -0.2) is 48.6 Å². The third kappa shape index (κ3) is 13.4. The van der Waals surface area contributed by atoms with E-state index in [-0.39, 0.29) is 46.8 Å². The Kier molecular flexibility index (Phi) is 20.4. The molecule has 0 bridgehead atoms. The number of aromatic nitrogens is 3. The van der Waals surface area contributed by atoms with E-state index in [9.17, 15) is 0 Å². The van der Waals surface area contributed by atoms with Gasteiger partial charge in [0.1, 0.15) is 41.9 Å². The summed E-state index contributed by atoms with van der Waals surface area (Å²) in [5.74, 6) is 2.44. The van der Waals surface area contributed by atoms with Gasteiger partial charge in [-0.3, -0.25) is 0 Å². The lowest BCUT2D eigenvalue weighted by atomic mass is 9.88. The number of rotatable bonds is 12. The Morgan fingerprint density at radius 1 is 0.333 bits per heavy atom. The maximum absolute atomic E-state index is 6.50. The number of fused-ring (bicyclic) bond motifs is 9. The van der Waals surface area contributed by atoms with E-state index in [0.29, 0.717) is 5.71 Å². The number of pyridine rings is 1. The van der Waals surface area contributed by atoms with Crippen LogP contribution in [0.2, 0.25) is 0 Å². The zero-order valence-electron chi connectivity index (χ0n) is 72.1. The molecular weight excluding hydrogens is 1440 g/mol. The van der Waals surface area contributed by atoms with Crippen LogP contribution in [0.3, 0.4) is 0 Å². The molecule has 19 rings (SSSR count). The topological polar surface area (TPSA) is 75.0 Å². The van der Waals surface area contributed by atoms with Crippen LogP contribution < -0.4 is 29.4 Å². The van der Waals surface area contributed by atoms with Gasteiger partial charge in [0, 0.05) is 83.2 Å². The third-order valence-electron chi connectivity index (χ3n) is 25.8. The van der Waals surface area contributed by atoms with Gasteiger partial charge in [-0.2, -0.15) is 0 Å². The molecule has 9 heterocycles. The number of nitrogens with zero attached hydrogens (tertiary/aromatic N) is 11. The van der Waals surface area contributed by atoms with E-state index in [2.05, 4.69) is 466 Å². The number of anilines is 8. The molecule has 0 aliphatic carbocycles. The maximum atomic E-state index is 6.50. The molecule has 0 N–H and O–H groups in total. The first-order chi connectivity index (χ1) is 56.0. The molecule has 0 saturated heterocycles. The van der Waals surface area contributed by atoms with Crippen LogP contribution in [0.1, 0.15) is 144 Å². The standard InChI is InChI=1S/C31H31N3O.C31H30N2O.C23H27N3.C19H25N3/c1-19-11-7-8-12-25(19)31(5,6)34-22(4)33(26-13-9-10-14-27(26)34)28-20(2)15-17-23-24-18-16-21(3)32-30(24)35-29(23)28;1-20-12-6-8-14-25(20)31(4,5)33-22(3)32(26-15-9-10-16-27(26)33)29-21(2)18-19-24-23-13-7-11-17-28(23)34-30(24)29;1-17-10-6-8-12-20(17)23(3,4)26-15-14-25(18(26)2)22-16-19-11-7-9-13-21(19)24(22)5;1-15-9-6-7-10-17(15)19(3,4)22-14-13-21(16(22)2)18-11-8-12-20(18)5/h7-18,22H,1-6H3;6-19,22H,1-5H3;6-16,18H,1-5H3;6-14,16H,1-5H3/t2*22-;18-;16-/m1111/s1. The Labute approximate surface area is 692 Å². The van der Waals surface area contributed by atoms with Gasteiger partial charge in [0.15, 0.2) is 11.2 Å². The van der Waals surface area contributed by atoms with Gasteiger partial charge < -0.3 is 57.2 Å². The fourth-order valence-electron chi connectivity index (χ4n) is 20.0. The van der Waals surface area contributed by atoms with E-state index >= 15 is 0 Å². The van der Waals surface area contributed by atoms with E-state index in [1.165, 1.54) is 101 Å². The van der Waals surface area contributed by atoms with E-state index in [1.54, 1.807) is 0 Å². The second-order valence-electron chi connectivity index (χ2n) is 34.5. The first kappa shape index (κ1) is 78.5. The van der Waals surface area contributed by atoms with Crippen LogP contribution in [0.5, 0.6) is 0 Å². The average Bonchev–Trinajstić information content (AvgIpc) is 1.57. The fraction of sp³-hybridized carbons (Fsp3) is 0.279. The molecule has 0 amide bonds. The molecule has 0 radical (unpaired) electrons. The lowest BCUT2D eigenvalue weighted by Gasteiger charge is -2.43. The predicted molar refractivity (Wildman–Crippen MR) is 491 cm³/mol. The van der Waals surface area contributed by atoms with Gasteiger partial charge in [-0.05, 0) is 254 Å². The molecule has 596 valence electrons. The molecule has 0 spiro atoms. The summed E-state index contributed by atoms with van der Waals surface area (Å²) in [5.41, 5.74) is 25.4. The molecule has 4 atom stereocenters. The third-order valence-corrected chi connectivity index (χ3v) is 25.8. The molecule has 4 aliphatic rings. The smallest absolute Gasteiger partial charge is 0.227 e. The summed E-state index contributed by atoms with van der Waals surface area (Å²) in [6.07, 6.45) is 11.6. The Hall–Kier alpha value is -12.4. The van der Waals surface area contributed by atoms with E-state index < -0.39 is 0 Å². The van der Waals surface area contributed by atoms with E-state index in [4.69, 9.17) is 8.83 Å². The largest absolute Gasteiger partial charge is 0.454 e. The summed E-state index contributed by atoms with van der Waals surface area (Å²) < 4.78 is 17.4. The van der Waals surface area contributed by atoms with Gasteiger partial charge in [0.2, 0.25) is 5.71 Å². The van der Waals surface area contributed by atoms with Crippen LogP contribution in [0.25, 0.3) is 54.9 Å². The number of para-hydroxylation sites is 6. The molecule has 13 nitrogen and oxygen atoms in total. The number of hydrogen-bond donors (Lipinski definition) is 0. The lowest BCUT2D eigenvalue weighted by molar-refractivity contribution is 0.151. The van der Waals surface area contributed by atoms with E-state index in [0.717, 1.165) is 55.4 Å². The molecule has 15 aromatic rings. The van der Waals surface area contributed by atoms with Crippen LogP contribution in [0, 0.1) is 48.5 Å². The van der Waals surface area contributed by atoms with Crippen molar-refractivity contribution in [1.82, 2.24) is 23.9 Å². The van der Waals surface area contributed by atoms with Gasteiger partial charge in [-0.25, -0.2) is 4.98 Å². The number of furan rings is 2. The van der Waals surface area contributed by atoms with Crippen molar-refractivity contribution in [2.45, 2.75) is 178 Å². The summed E-state index contributed by atoms with van der Waals surface area (Å²) >= 11 is 0. The number of hydrogen-bond acceptors (Lipinski definition) is 11. The van der Waals surface area contributed by atoms with Crippen LogP contribution >= 0.6 is 0 Å². The molecular formula is C104H113N11O2. The highest BCUT2D eigenvalue weighted by atomic mass is 16.3. The molecule has 5 aromatic heterocycles. The van der Waals surface area contributed by atoms with Crippen molar-refractivity contribution in [3.63, 3.8) is 0 Å². The molecule has 0 unspecified atom stereocenters. The fourth-order valence-corrected chi connectivity index (χ4v) is 20.0. The average molecular weight is 1550 g/mol. The summed E-state index contributed by atoms with van der Waals surface area (Å²) in [7, 11) is 4.23. The normalized spacial score (nSPS) is 16.7. The summed E-state index contributed by atoms with van der Waals surface area (Å²) in [6, 6.07) is 88.7. The molecule has 4 aliphatic heterocycles. The first-order valence-electron chi connectivity index (χ1n) is 41.5. The minimum atomic E-state index is -0.218. The predicted octanol–water partition coefficient (Wildman–Crippen LogP) is 26.2. The summed E-state index contributed by atoms with van der Waals surface area (Å²) in [5, 5.41) is 5.77. The SMILES string of the molecule is Cc1ccc2c(n1)oc1c(N3c4ccccc4N(C(C)(C)c4ccccc4C)[C@@H]3C)c(C)ccc12.Cc1ccccc1C(C)(C)N1C=CN(c2cc3ccccc3n2C)[C@H]1C.Cc1ccccc1C(C)(C)N1C=CN(c2cccn2C)[C@H]1C.Cc1ccccc1C(C)(C)N1c2ccccc2N(c2c(C)ccc3c2oc2ccccc23)[C@H]1C. The van der Waals surface area contributed by atoms with Crippen molar-refractivity contribution in [3.05, 3.63) is 341 Å². The highest BCUT2D eigenvalue weighted by Gasteiger charge is 2.47. The number of aryl methyl sites for hydroxylation is 9. The van der Waals surface area contributed by atoms with Crippen molar-refractivity contribution in [2.75, 3.05) is 29.4 Å². The zero-order valence-corrected chi connectivity index (χ0v) is 72.1. The van der Waals surface area contributed by atoms with Crippen LogP contribution in [-0.2, 0) is 36.3 Å². The van der Waals surface area contributed by atoms with E-state index in [1.807, 2.05) is 13.0 Å². The summed E-state index contributed by atoms with van der Waals surface area (Å²) in [6.45, 7) is 42.8. The monoisotopic (exact) mass is 1550 g/mol. The van der Waals surface area contributed by atoms with Crippen molar-refractivity contribution >= 4 is 101 Å². The van der Waals surface area contributed by atoms with Gasteiger partial charge in [-0.15, -0.1) is 0 Å². The molecule has 117 heavy (non-hydrogen) atoms. The van der Waals surface area contributed by atoms with Crippen LogP contribution in [0.4, 0.5) is 45.8 Å². The van der Waals surface area contributed by atoms with Crippen molar-refractivity contribution in [3.8, 4) is 0 Å². The second-order valence-corrected chi connectivity index (χ2v) is 34.5. The minimum Gasteiger partial charge on any atom is -0.454 e. The maximum Gasteiger partial charge on any atom is 0.227 e. The molecule has 13 heteroatoms. The molecule has 0 saturated carbocycles. The Balaban J connectivity index is 0.000000119. The zero-order chi connectivity index (χ0) is 82.5. The first-order valence-corrected chi connectivity index (χ1v) is 41.5. The van der Waals surface area contributed by atoms with Gasteiger partial charge in [0.25, 0.3) is 0 Å². The van der Waals surface area contributed by atoms with Gasteiger partial charge in [0.05, 0.1) is 56.3 Å². The molecule has 10 aromatic carbocycles. The Morgan fingerprint density at radius 2 is 0.735 bits per heavy atom. The summed E-state index contributed by atoms with van der Waals surface area (Å²) in [4.78, 5) is 24.3. The Morgan fingerprint density at radius 3 is 1.21 bits per heavy atom. The highest BCUT2D eigenvalue weighted by molar-refractivity contribution is 6.12. The van der Waals surface area contributed by atoms with Gasteiger partial charge >= 0.3 is 0 Å². The second kappa shape index (κ2) is 30.4. The Bertz CT molecular complexity index is 6300.